The van der Waals surface area contributed by atoms with Crippen molar-refractivity contribution in [3.8, 4) is 5.75 Å². The number of hydrogen-bond acceptors (Lipinski definition) is 8. The molecule has 0 saturated heterocycles. The van der Waals surface area contributed by atoms with Crippen molar-refractivity contribution in [3.05, 3.63) is 29.8 Å². The van der Waals surface area contributed by atoms with Gasteiger partial charge in [-0.25, -0.2) is 4.79 Å². The maximum Gasteiger partial charge on any atom is 0.326 e. The Morgan fingerprint density at radius 3 is 1.95 bits per heavy atom. The Kier molecular flexibility index (Phi) is 13.9. The van der Waals surface area contributed by atoms with Crippen LogP contribution in [-0.2, 0) is 30.4 Å². The van der Waals surface area contributed by atoms with Gasteiger partial charge in [-0.05, 0) is 49.3 Å². The molecule has 15 heteroatoms. The number of nitrogens with two attached hydrogens (primary N) is 3. The van der Waals surface area contributed by atoms with E-state index in [0.717, 1.165) is 0 Å². The Labute approximate surface area is 231 Å². The third-order valence-electron chi connectivity index (χ3n) is 5.64. The first-order chi connectivity index (χ1) is 18.7. The van der Waals surface area contributed by atoms with Gasteiger partial charge in [0.15, 0.2) is 5.96 Å². The van der Waals surface area contributed by atoms with E-state index >= 15 is 0 Å². The van der Waals surface area contributed by atoms with E-state index in [-0.39, 0.29) is 49.9 Å². The molecule has 0 aliphatic heterocycles. The highest BCUT2D eigenvalue weighted by atomic mass is 16.4. The van der Waals surface area contributed by atoms with Crippen LogP contribution in [0.2, 0.25) is 0 Å². The molecular weight excluding hydrogens is 526 g/mol. The number of carbonyl (C=O) groups is 5. The first-order valence-electron chi connectivity index (χ1n) is 12.6. The van der Waals surface area contributed by atoms with Gasteiger partial charge < -0.3 is 48.5 Å². The van der Waals surface area contributed by atoms with Crippen LogP contribution in [0.3, 0.4) is 0 Å². The minimum atomic E-state index is -1.70. The minimum absolute atomic E-state index is 0.0527. The van der Waals surface area contributed by atoms with E-state index in [1.807, 2.05) is 0 Å². The molecule has 40 heavy (non-hydrogen) atoms. The average Bonchev–Trinajstić information content (AvgIpc) is 2.85. The van der Waals surface area contributed by atoms with Crippen molar-refractivity contribution < 1.29 is 39.3 Å². The molecule has 12 N–H and O–H groups in total. The summed E-state index contributed by atoms with van der Waals surface area (Å²) in [6.07, 6.45) is -0.276. The van der Waals surface area contributed by atoms with E-state index in [9.17, 15) is 34.2 Å². The molecule has 0 spiro atoms. The lowest BCUT2D eigenvalue weighted by molar-refractivity contribution is -0.147. The summed E-state index contributed by atoms with van der Waals surface area (Å²) < 4.78 is 0. The van der Waals surface area contributed by atoms with Crippen molar-refractivity contribution in [2.45, 2.75) is 70.1 Å². The number of carboxylic acids is 2. The zero-order valence-electron chi connectivity index (χ0n) is 22.5. The van der Waals surface area contributed by atoms with Crippen LogP contribution in [0.1, 0.15) is 45.1 Å². The maximum atomic E-state index is 13.2. The maximum absolute atomic E-state index is 13.2. The molecular formula is C25H39N7O8. The van der Waals surface area contributed by atoms with E-state index in [2.05, 4.69) is 20.9 Å². The summed E-state index contributed by atoms with van der Waals surface area (Å²) in [5.41, 5.74) is 17.4. The molecule has 0 saturated carbocycles. The SMILES string of the molecule is CC(C)CC(NC(=O)C(CCCN=C(N)N)NC(=O)C(N)Cc1ccc(O)cc1)C(=O)NC(CC(=O)O)C(=O)O. The Hall–Kier alpha value is -4.40. The molecule has 1 rings (SSSR count). The van der Waals surface area contributed by atoms with Crippen molar-refractivity contribution >= 4 is 35.6 Å². The Bertz CT molecular complexity index is 1060. The summed E-state index contributed by atoms with van der Waals surface area (Å²) in [7, 11) is 0. The predicted octanol–water partition coefficient (Wildman–Crippen LogP) is -1.62. The molecule has 222 valence electrons. The van der Waals surface area contributed by atoms with Crippen molar-refractivity contribution in [3.63, 3.8) is 0 Å². The number of guanidine groups is 1. The topological polar surface area (TPSA) is 273 Å². The second-order valence-corrected chi connectivity index (χ2v) is 9.68. The largest absolute Gasteiger partial charge is 0.508 e. The summed E-state index contributed by atoms with van der Waals surface area (Å²) >= 11 is 0. The number of nitrogens with zero attached hydrogens (tertiary/aromatic N) is 1. The number of phenols is 1. The number of carboxylic acid groups (broad SMARTS) is 2. The van der Waals surface area contributed by atoms with Crippen LogP contribution in [0.5, 0.6) is 5.75 Å². The molecule has 0 radical (unpaired) electrons. The second-order valence-electron chi connectivity index (χ2n) is 9.68. The normalized spacial score (nSPS) is 13.8. The fourth-order valence-corrected chi connectivity index (χ4v) is 3.65. The lowest BCUT2D eigenvalue weighted by Crippen LogP contribution is -2.57. The number of hydrogen-bond donors (Lipinski definition) is 9. The number of aromatic hydroxyl groups is 1. The standard InChI is InChI=1S/C25H39N7O8/c1-13(2)10-18(23(38)32-19(24(39)40)12-20(34)35)31-22(37)17(4-3-9-29-25(27)28)30-21(36)16(26)11-14-5-7-15(33)8-6-14/h5-8,13,16-19,33H,3-4,9-12,26H2,1-2H3,(H,30,36)(H,31,37)(H,32,38)(H,34,35)(H,39,40)(H4,27,28,29). The van der Waals surface area contributed by atoms with E-state index in [1.54, 1.807) is 26.0 Å². The molecule has 1 aromatic rings. The third kappa shape index (κ3) is 12.9. The lowest BCUT2D eigenvalue weighted by atomic mass is 10.0. The van der Waals surface area contributed by atoms with Gasteiger partial charge in [0.05, 0.1) is 12.5 Å². The fraction of sp³-hybridized carbons (Fsp3) is 0.520. The quantitative estimate of drug-likeness (QED) is 0.0587. The Morgan fingerprint density at radius 2 is 1.43 bits per heavy atom. The molecule has 0 aliphatic rings. The molecule has 4 unspecified atom stereocenters. The van der Waals surface area contributed by atoms with Crippen LogP contribution in [0.15, 0.2) is 29.3 Å². The van der Waals surface area contributed by atoms with Crippen LogP contribution in [0.4, 0.5) is 0 Å². The van der Waals surface area contributed by atoms with E-state index < -0.39 is 60.2 Å². The monoisotopic (exact) mass is 565 g/mol. The second kappa shape index (κ2) is 16.5. The van der Waals surface area contributed by atoms with E-state index in [0.29, 0.717) is 5.56 Å². The van der Waals surface area contributed by atoms with Gasteiger partial charge in [0, 0.05) is 6.54 Å². The Balaban J connectivity index is 3.05. The Morgan fingerprint density at radius 1 is 0.875 bits per heavy atom. The zero-order valence-corrected chi connectivity index (χ0v) is 22.5. The van der Waals surface area contributed by atoms with Crippen LogP contribution >= 0.6 is 0 Å². The van der Waals surface area contributed by atoms with Gasteiger partial charge in [0.2, 0.25) is 17.7 Å². The van der Waals surface area contributed by atoms with Gasteiger partial charge in [-0.15, -0.1) is 0 Å². The van der Waals surface area contributed by atoms with E-state index in [1.165, 1.54) is 12.1 Å². The molecule has 3 amide bonds. The number of benzene rings is 1. The zero-order chi connectivity index (χ0) is 30.4. The third-order valence-corrected chi connectivity index (χ3v) is 5.64. The number of amides is 3. The van der Waals surface area contributed by atoms with Gasteiger partial charge in [-0.1, -0.05) is 26.0 Å². The van der Waals surface area contributed by atoms with Gasteiger partial charge in [-0.3, -0.25) is 24.2 Å². The van der Waals surface area contributed by atoms with Crippen LogP contribution < -0.4 is 33.2 Å². The minimum Gasteiger partial charge on any atom is -0.508 e. The predicted molar refractivity (Wildman–Crippen MR) is 145 cm³/mol. The number of nitrogens with one attached hydrogen (secondary N) is 3. The highest BCUT2D eigenvalue weighted by Gasteiger charge is 2.31. The first kappa shape index (κ1) is 33.6. The van der Waals surface area contributed by atoms with Gasteiger partial charge in [0.25, 0.3) is 0 Å². The number of phenolic OH excluding ortho intramolecular Hbond substituents is 1. The van der Waals surface area contributed by atoms with E-state index in [4.69, 9.17) is 22.3 Å². The van der Waals surface area contributed by atoms with Crippen molar-refractivity contribution in [1.29, 1.82) is 0 Å². The molecule has 1 aromatic carbocycles. The summed E-state index contributed by atoms with van der Waals surface area (Å²) in [5.74, 6) is -5.45. The number of aliphatic imine (C=N–C) groups is 1. The summed E-state index contributed by atoms with van der Waals surface area (Å²) in [6.45, 7) is 3.71. The fourth-order valence-electron chi connectivity index (χ4n) is 3.65. The summed E-state index contributed by atoms with van der Waals surface area (Å²) in [5, 5.41) is 34.9. The van der Waals surface area contributed by atoms with Crippen LogP contribution in [0, 0.1) is 5.92 Å². The molecule has 15 nitrogen and oxygen atoms in total. The van der Waals surface area contributed by atoms with Gasteiger partial charge in [0.1, 0.15) is 23.9 Å². The van der Waals surface area contributed by atoms with Crippen molar-refractivity contribution in [2.24, 2.45) is 28.1 Å². The lowest BCUT2D eigenvalue weighted by Gasteiger charge is -2.26. The molecule has 4 atom stereocenters. The highest BCUT2D eigenvalue weighted by Crippen LogP contribution is 2.12. The van der Waals surface area contributed by atoms with Crippen molar-refractivity contribution in [1.82, 2.24) is 16.0 Å². The first-order valence-corrected chi connectivity index (χ1v) is 12.6. The summed E-state index contributed by atoms with van der Waals surface area (Å²) in [6, 6.07) is 0.993. The molecule has 0 aromatic heterocycles. The molecule has 0 bridgehead atoms. The van der Waals surface area contributed by atoms with Crippen LogP contribution in [-0.4, -0.2) is 81.7 Å². The number of aliphatic carboxylic acids is 2. The van der Waals surface area contributed by atoms with Gasteiger partial charge >= 0.3 is 11.9 Å². The molecule has 0 heterocycles. The van der Waals surface area contributed by atoms with Gasteiger partial charge in [-0.2, -0.15) is 0 Å². The highest BCUT2D eigenvalue weighted by molar-refractivity contribution is 5.94. The number of rotatable bonds is 17. The molecule has 0 aliphatic carbocycles. The molecule has 0 fully saturated rings. The summed E-state index contributed by atoms with van der Waals surface area (Å²) in [4.78, 5) is 65.2. The number of carbonyl (C=O) groups excluding carboxylic acids is 3. The van der Waals surface area contributed by atoms with Crippen molar-refractivity contribution in [2.75, 3.05) is 6.54 Å². The van der Waals surface area contributed by atoms with Crippen LogP contribution in [0.25, 0.3) is 0 Å². The average molecular weight is 566 g/mol. The smallest absolute Gasteiger partial charge is 0.326 e.